The van der Waals surface area contributed by atoms with Crippen molar-refractivity contribution in [2.24, 2.45) is 0 Å². The summed E-state index contributed by atoms with van der Waals surface area (Å²) in [7, 11) is 0. The monoisotopic (exact) mass is 314 g/mol. The fraction of sp³-hybridized carbons (Fsp3) is 0.571. The quantitative estimate of drug-likeness (QED) is 0.917. The number of hydrogen-bond donors (Lipinski definition) is 1. The highest BCUT2D eigenvalue weighted by Crippen LogP contribution is 2.26. The molecule has 2 nitrogen and oxygen atoms in total. The zero-order valence-corrected chi connectivity index (χ0v) is 12.5. The van der Waals surface area contributed by atoms with Crippen molar-refractivity contribution in [1.29, 1.82) is 0 Å². The van der Waals surface area contributed by atoms with Gasteiger partial charge in [-0.05, 0) is 47.5 Å². The Bertz CT molecular complexity index is 411. The number of nitrogens with one attached hydrogen (secondary N) is 1. The van der Waals surface area contributed by atoms with Crippen LogP contribution in [0.1, 0.15) is 26.7 Å². The summed E-state index contributed by atoms with van der Waals surface area (Å²) in [6.45, 7) is 6.39. The predicted molar refractivity (Wildman–Crippen MR) is 77.6 cm³/mol. The largest absolute Gasteiger partial charge is 0.366 e. The Labute approximate surface area is 117 Å². The van der Waals surface area contributed by atoms with Crippen LogP contribution in [-0.4, -0.2) is 25.2 Å². The minimum absolute atomic E-state index is 0.202. The van der Waals surface area contributed by atoms with Crippen molar-refractivity contribution < 1.29 is 4.39 Å². The SMILES string of the molecule is CCCC1CN(c2ccc(F)c(Br)c2)C(C)CN1. The lowest BCUT2D eigenvalue weighted by Crippen LogP contribution is -2.55. The fourth-order valence-electron chi connectivity index (χ4n) is 2.49. The van der Waals surface area contributed by atoms with Gasteiger partial charge in [0.15, 0.2) is 0 Å². The van der Waals surface area contributed by atoms with Gasteiger partial charge < -0.3 is 10.2 Å². The molecule has 18 heavy (non-hydrogen) atoms. The molecule has 1 aromatic rings. The first kappa shape index (κ1) is 13.8. The van der Waals surface area contributed by atoms with Crippen LogP contribution in [0.25, 0.3) is 0 Å². The Morgan fingerprint density at radius 1 is 1.50 bits per heavy atom. The number of piperazine rings is 1. The first-order valence-corrected chi connectivity index (χ1v) is 7.36. The molecular formula is C14H20BrFN2. The molecule has 0 amide bonds. The van der Waals surface area contributed by atoms with Gasteiger partial charge in [-0.15, -0.1) is 0 Å². The molecule has 0 spiro atoms. The minimum Gasteiger partial charge on any atom is -0.366 e. The van der Waals surface area contributed by atoms with Crippen LogP contribution >= 0.6 is 15.9 Å². The maximum absolute atomic E-state index is 13.3. The third-order valence-corrected chi connectivity index (χ3v) is 4.13. The van der Waals surface area contributed by atoms with Gasteiger partial charge >= 0.3 is 0 Å². The molecule has 100 valence electrons. The number of rotatable bonds is 3. The van der Waals surface area contributed by atoms with Crippen molar-refractivity contribution in [3.05, 3.63) is 28.5 Å². The molecule has 0 saturated carbocycles. The summed E-state index contributed by atoms with van der Waals surface area (Å²) in [6, 6.07) is 6.25. The molecule has 0 aromatic heterocycles. The lowest BCUT2D eigenvalue weighted by molar-refractivity contribution is 0.386. The first-order valence-electron chi connectivity index (χ1n) is 6.57. The molecule has 4 heteroatoms. The molecule has 0 bridgehead atoms. The summed E-state index contributed by atoms with van der Waals surface area (Å²) < 4.78 is 13.8. The number of benzene rings is 1. The van der Waals surface area contributed by atoms with E-state index in [1.807, 2.05) is 12.1 Å². The predicted octanol–water partition coefficient (Wildman–Crippen LogP) is 3.56. The van der Waals surface area contributed by atoms with E-state index in [9.17, 15) is 4.39 Å². The number of nitrogens with zero attached hydrogens (tertiary/aromatic N) is 1. The van der Waals surface area contributed by atoms with Crippen LogP contribution in [0, 0.1) is 5.82 Å². The van der Waals surface area contributed by atoms with Gasteiger partial charge in [-0.3, -0.25) is 0 Å². The molecule has 1 aromatic carbocycles. The Morgan fingerprint density at radius 2 is 2.28 bits per heavy atom. The van der Waals surface area contributed by atoms with E-state index in [1.54, 1.807) is 0 Å². The van der Waals surface area contributed by atoms with E-state index >= 15 is 0 Å². The minimum atomic E-state index is -0.202. The van der Waals surface area contributed by atoms with Gasteiger partial charge in [0.25, 0.3) is 0 Å². The second-order valence-electron chi connectivity index (χ2n) is 4.99. The smallest absolute Gasteiger partial charge is 0.137 e. The van der Waals surface area contributed by atoms with E-state index in [0.29, 0.717) is 16.6 Å². The highest BCUT2D eigenvalue weighted by atomic mass is 79.9. The lowest BCUT2D eigenvalue weighted by Gasteiger charge is -2.40. The summed E-state index contributed by atoms with van der Waals surface area (Å²) in [5.41, 5.74) is 1.10. The molecule has 2 unspecified atom stereocenters. The molecule has 1 saturated heterocycles. The Kier molecular flexibility index (Phi) is 4.62. The lowest BCUT2D eigenvalue weighted by atomic mass is 10.1. The molecule has 1 aliphatic rings. The summed E-state index contributed by atoms with van der Waals surface area (Å²) in [4.78, 5) is 2.36. The van der Waals surface area contributed by atoms with Crippen molar-refractivity contribution in [3.8, 4) is 0 Å². The van der Waals surface area contributed by atoms with E-state index in [1.165, 1.54) is 18.9 Å². The molecule has 1 aliphatic heterocycles. The van der Waals surface area contributed by atoms with Crippen molar-refractivity contribution in [2.75, 3.05) is 18.0 Å². The normalized spacial score (nSPS) is 24.3. The molecule has 2 rings (SSSR count). The number of halogens is 2. The molecule has 1 fully saturated rings. The van der Waals surface area contributed by atoms with E-state index in [4.69, 9.17) is 0 Å². The zero-order chi connectivity index (χ0) is 13.1. The highest BCUT2D eigenvalue weighted by molar-refractivity contribution is 9.10. The van der Waals surface area contributed by atoms with Gasteiger partial charge in [0.05, 0.1) is 4.47 Å². The van der Waals surface area contributed by atoms with E-state index in [-0.39, 0.29) is 5.82 Å². The van der Waals surface area contributed by atoms with Crippen LogP contribution in [0.3, 0.4) is 0 Å². The van der Waals surface area contributed by atoms with Gasteiger partial charge in [-0.1, -0.05) is 13.3 Å². The summed E-state index contributed by atoms with van der Waals surface area (Å²) in [5.74, 6) is -0.202. The standard InChI is InChI=1S/C14H20BrFN2/c1-3-4-11-9-18(10(2)8-17-11)12-5-6-14(16)13(15)7-12/h5-7,10-11,17H,3-4,8-9H2,1-2H3. The topological polar surface area (TPSA) is 15.3 Å². The molecule has 1 N–H and O–H groups in total. The van der Waals surface area contributed by atoms with Crippen molar-refractivity contribution >= 4 is 21.6 Å². The van der Waals surface area contributed by atoms with E-state index in [0.717, 1.165) is 18.8 Å². The van der Waals surface area contributed by atoms with Gasteiger partial charge in [-0.2, -0.15) is 0 Å². The Morgan fingerprint density at radius 3 is 2.94 bits per heavy atom. The Balaban J connectivity index is 2.16. The van der Waals surface area contributed by atoms with Gasteiger partial charge in [0.1, 0.15) is 5.82 Å². The maximum atomic E-state index is 13.3. The zero-order valence-electron chi connectivity index (χ0n) is 10.9. The van der Waals surface area contributed by atoms with Crippen LogP contribution in [0.15, 0.2) is 22.7 Å². The molecule has 2 atom stereocenters. The van der Waals surface area contributed by atoms with Crippen LogP contribution in [-0.2, 0) is 0 Å². The second kappa shape index (κ2) is 6.02. The van der Waals surface area contributed by atoms with Crippen molar-refractivity contribution in [3.63, 3.8) is 0 Å². The second-order valence-corrected chi connectivity index (χ2v) is 5.85. The summed E-state index contributed by atoms with van der Waals surface area (Å²) >= 11 is 3.26. The Hall–Kier alpha value is -0.610. The van der Waals surface area contributed by atoms with Crippen molar-refractivity contribution in [2.45, 2.75) is 38.8 Å². The average molecular weight is 315 g/mol. The number of anilines is 1. The summed E-state index contributed by atoms with van der Waals surface area (Å²) in [6.07, 6.45) is 2.37. The van der Waals surface area contributed by atoms with Crippen LogP contribution in [0.5, 0.6) is 0 Å². The number of hydrogen-bond acceptors (Lipinski definition) is 2. The molecule has 0 radical (unpaired) electrons. The molecule has 1 heterocycles. The van der Waals surface area contributed by atoms with Crippen LogP contribution < -0.4 is 10.2 Å². The van der Waals surface area contributed by atoms with E-state index in [2.05, 4.69) is 40.0 Å². The van der Waals surface area contributed by atoms with Crippen LogP contribution in [0.4, 0.5) is 10.1 Å². The van der Waals surface area contributed by atoms with Gasteiger partial charge in [0.2, 0.25) is 0 Å². The van der Waals surface area contributed by atoms with E-state index < -0.39 is 0 Å². The van der Waals surface area contributed by atoms with Gasteiger partial charge in [-0.25, -0.2) is 4.39 Å². The molecule has 0 aliphatic carbocycles. The van der Waals surface area contributed by atoms with Gasteiger partial charge in [0, 0.05) is 30.9 Å². The summed E-state index contributed by atoms with van der Waals surface area (Å²) in [5, 5.41) is 3.57. The van der Waals surface area contributed by atoms with Crippen molar-refractivity contribution in [1.82, 2.24) is 5.32 Å². The first-order chi connectivity index (χ1) is 8.61. The third kappa shape index (κ3) is 3.04. The third-order valence-electron chi connectivity index (χ3n) is 3.52. The molecular weight excluding hydrogens is 295 g/mol. The fourth-order valence-corrected chi connectivity index (χ4v) is 2.86. The highest BCUT2D eigenvalue weighted by Gasteiger charge is 2.24. The van der Waals surface area contributed by atoms with Crippen LogP contribution in [0.2, 0.25) is 0 Å². The average Bonchev–Trinajstić information content (AvgIpc) is 2.35. The maximum Gasteiger partial charge on any atom is 0.137 e.